The number of halogens is 1. The molecule has 0 aromatic rings. The second-order valence-electron chi connectivity index (χ2n) is 2.97. The van der Waals surface area contributed by atoms with E-state index in [9.17, 15) is 9.59 Å². The van der Waals surface area contributed by atoms with Crippen LogP contribution < -0.4 is 5.32 Å². The lowest BCUT2D eigenvalue weighted by Gasteiger charge is -2.30. The minimum atomic E-state index is -0.360. The fourth-order valence-electron chi connectivity index (χ4n) is 1.62. The lowest BCUT2D eigenvalue weighted by Crippen LogP contribution is -2.53. The Bertz CT molecular complexity index is 243. The van der Waals surface area contributed by atoms with Crippen molar-refractivity contribution >= 4 is 27.8 Å². The first-order valence-electron chi connectivity index (χ1n) is 3.81. The number of rotatable bonds is 2. The summed E-state index contributed by atoms with van der Waals surface area (Å²) in [5.41, 5.74) is 0. The Balaban J connectivity index is 2.07. The molecule has 66 valence electrons. The van der Waals surface area contributed by atoms with Crippen molar-refractivity contribution < 1.29 is 14.3 Å². The lowest BCUT2D eigenvalue weighted by atomic mass is 9.95. The van der Waals surface area contributed by atoms with Gasteiger partial charge in [-0.3, -0.25) is 4.79 Å². The molecule has 2 aliphatic heterocycles. The molecule has 0 saturated carbocycles. The third kappa shape index (κ3) is 0.957. The highest BCUT2D eigenvalue weighted by Gasteiger charge is 2.55. The van der Waals surface area contributed by atoms with E-state index in [-0.39, 0.29) is 29.9 Å². The van der Waals surface area contributed by atoms with E-state index in [0.29, 0.717) is 0 Å². The molecule has 0 spiro atoms. The Labute approximate surface area is 77.8 Å². The molecule has 0 aromatic heterocycles. The number of carbonyl (C=O) groups is 2. The number of ether oxygens (including phenoxy) is 1. The number of amides is 1. The van der Waals surface area contributed by atoms with Crippen LogP contribution in [0.3, 0.4) is 0 Å². The van der Waals surface area contributed by atoms with E-state index < -0.39 is 0 Å². The molecule has 2 fully saturated rings. The maximum Gasteiger partial charge on any atom is 0.332 e. The van der Waals surface area contributed by atoms with Crippen LogP contribution in [0.15, 0.2) is 0 Å². The van der Waals surface area contributed by atoms with Gasteiger partial charge in [-0.15, -0.1) is 0 Å². The molecule has 0 bridgehead atoms. The molecule has 1 amide bonds. The molecule has 0 radical (unpaired) electrons. The Kier molecular flexibility index (Phi) is 1.83. The second-order valence-corrected chi connectivity index (χ2v) is 3.76. The summed E-state index contributed by atoms with van der Waals surface area (Å²) in [6.45, 7) is 0. The van der Waals surface area contributed by atoms with Crippen LogP contribution in [0, 0.1) is 5.92 Å². The molecular weight excluding hydrogens is 226 g/mol. The first-order chi connectivity index (χ1) is 5.74. The second kappa shape index (κ2) is 2.73. The summed E-state index contributed by atoms with van der Waals surface area (Å²) >= 11 is 3.25. The molecule has 3 unspecified atom stereocenters. The van der Waals surface area contributed by atoms with Gasteiger partial charge in [0.15, 0.2) is 6.04 Å². The Hall–Kier alpha value is -0.580. The number of hydrogen-bond acceptors (Lipinski definition) is 3. The van der Waals surface area contributed by atoms with Gasteiger partial charge >= 0.3 is 5.97 Å². The van der Waals surface area contributed by atoms with Gasteiger partial charge in [0.05, 0.1) is 5.92 Å². The zero-order valence-electron chi connectivity index (χ0n) is 6.25. The number of nitrogens with one attached hydrogen (secondary N) is 1. The van der Waals surface area contributed by atoms with Crippen LogP contribution in [0.2, 0.25) is 0 Å². The van der Waals surface area contributed by atoms with Crippen LogP contribution in [-0.4, -0.2) is 29.4 Å². The minimum absolute atomic E-state index is 0.0599. The quantitative estimate of drug-likeness (QED) is 0.532. The lowest BCUT2D eigenvalue weighted by molar-refractivity contribution is -0.175. The van der Waals surface area contributed by atoms with Crippen molar-refractivity contribution in [2.24, 2.45) is 5.92 Å². The first-order valence-corrected chi connectivity index (χ1v) is 4.93. The van der Waals surface area contributed by atoms with Crippen molar-refractivity contribution in [1.82, 2.24) is 5.32 Å². The van der Waals surface area contributed by atoms with Crippen LogP contribution in [-0.2, 0) is 14.3 Å². The minimum Gasteiger partial charge on any atom is -0.457 e. The molecule has 2 rings (SSSR count). The summed E-state index contributed by atoms with van der Waals surface area (Å²) in [6.07, 6.45) is 0.517. The topological polar surface area (TPSA) is 55.4 Å². The molecule has 2 saturated heterocycles. The maximum atomic E-state index is 11.2. The monoisotopic (exact) mass is 233 g/mol. The van der Waals surface area contributed by atoms with Crippen molar-refractivity contribution in [2.45, 2.75) is 18.6 Å². The average molecular weight is 234 g/mol. The molecular formula is C7H8BrNO3. The summed E-state index contributed by atoms with van der Waals surface area (Å²) in [7, 11) is 0. The van der Waals surface area contributed by atoms with Crippen molar-refractivity contribution in [3.05, 3.63) is 0 Å². The van der Waals surface area contributed by atoms with Crippen LogP contribution in [0.5, 0.6) is 0 Å². The molecule has 0 aromatic carbocycles. The Morgan fingerprint density at radius 3 is 2.75 bits per heavy atom. The smallest absolute Gasteiger partial charge is 0.332 e. The van der Waals surface area contributed by atoms with Gasteiger partial charge in [-0.25, -0.2) is 4.79 Å². The number of carbonyl (C=O) groups excluding carboxylic acids is 2. The van der Waals surface area contributed by atoms with Gasteiger partial charge in [-0.1, -0.05) is 15.9 Å². The summed E-state index contributed by atoms with van der Waals surface area (Å²) in [5.74, 6) is -0.507. The van der Waals surface area contributed by atoms with E-state index >= 15 is 0 Å². The zero-order valence-corrected chi connectivity index (χ0v) is 7.83. The molecule has 2 heterocycles. The van der Waals surface area contributed by atoms with E-state index in [2.05, 4.69) is 21.2 Å². The fraction of sp³-hybridized carbons (Fsp3) is 0.714. The standard InChI is InChI=1S/C7H8BrNO3/c8-2-1-3-5-4(7(11)12-5)9-6(3)10/h3-5H,1-2H2,(H,9,10). The Morgan fingerprint density at radius 2 is 2.25 bits per heavy atom. The van der Waals surface area contributed by atoms with E-state index in [1.165, 1.54) is 0 Å². The highest BCUT2D eigenvalue weighted by Crippen LogP contribution is 2.31. The highest BCUT2D eigenvalue weighted by molar-refractivity contribution is 9.09. The average Bonchev–Trinajstić information content (AvgIpc) is 2.28. The molecule has 4 nitrogen and oxygen atoms in total. The summed E-state index contributed by atoms with van der Waals surface area (Å²) in [6, 6.07) is -0.360. The van der Waals surface area contributed by atoms with Gasteiger partial charge in [0.1, 0.15) is 6.10 Å². The fourth-order valence-corrected chi connectivity index (χ4v) is 2.11. The third-order valence-corrected chi connectivity index (χ3v) is 2.74. The van der Waals surface area contributed by atoms with Gasteiger partial charge in [0.2, 0.25) is 5.91 Å². The van der Waals surface area contributed by atoms with Crippen LogP contribution in [0.1, 0.15) is 6.42 Å². The summed E-state index contributed by atoms with van der Waals surface area (Å²) < 4.78 is 4.86. The number of hydrogen-bond donors (Lipinski definition) is 1. The largest absolute Gasteiger partial charge is 0.457 e. The molecule has 0 aliphatic carbocycles. The summed E-state index contributed by atoms with van der Waals surface area (Å²) in [5, 5.41) is 3.36. The van der Waals surface area contributed by atoms with Crippen molar-refractivity contribution in [3.63, 3.8) is 0 Å². The first kappa shape index (κ1) is 8.04. The van der Waals surface area contributed by atoms with Gasteiger partial charge in [-0.2, -0.15) is 0 Å². The van der Waals surface area contributed by atoms with E-state index in [4.69, 9.17) is 4.74 Å². The van der Waals surface area contributed by atoms with Crippen LogP contribution in [0.25, 0.3) is 0 Å². The molecule has 2 aliphatic rings. The third-order valence-electron chi connectivity index (χ3n) is 2.29. The molecule has 3 atom stereocenters. The van der Waals surface area contributed by atoms with Crippen molar-refractivity contribution in [3.8, 4) is 0 Å². The Morgan fingerprint density at radius 1 is 1.50 bits per heavy atom. The maximum absolute atomic E-state index is 11.2. The number of esters is 1. The van der Waals surface area contributed by atoms with Gasteiger partial charge < -0.3 is 10.1 Å². The molecule has 12 heavy (non-hydrogen) atoms. The molecule has 1 N–H and O–H groups in total. The van der Waals surface area contributed by atoms with Crippen molar-refractivity contribution in [2.75, 3.05) is 5.33 Å². The summed E-state index contributed by atoms with van der Waals surface area (Å²) in [4.78, 5) is 22.0. The SMILES string of the molecule is O=C1NC2C(=O)OC2C1CCBr. The van der Waals surface area contributed by atoms with E-state index in [0.717, 1.165) is 11.8 Å². The number of fused-ring (bicyclic) bond motifs is 1. The normalized spacial score (nSPS) is 38.2. The number of alkyl halides is 1. The van der Waals surface area contributed by atoms with E-state index in [1.54, 1.807) is 0 Å². The molecule has 5 heteroatoms. The van der Waals surface area contributed by atoms with Gasteiger partial charge in [0.25, 0.3) is 0 Å². The van der Waals surface area contributed by atoms with Crippen molar-refractivity contribution in [1.29, 1.82) is 0 Å². The highest BCUT2D eigenvalue weighted by atomic mass is 79.9. The van der Waals surface area contributed by atoms with E-state index in [1.807, 2.05) is 0 Å². The van der Waals surface area contributed by atoms with Crippen LogP contribution >= 0.6 is 15.9 Å². The van der Waals surface area contributed by atoms with Gasteiger partial charge in [-0.05, 0) is 6.42 Å². The predicted octanol–water partition coefficient (Wildman–Crippen LogP) is -0.189. The predicted molar refractivity (Wildman–Crippen MR) is 43.7 cm³/mol. The van der Waals surface area contributed by atoms with Gasteiger partial charge in [0, 0.05) is 5.33 Å². The van der Waals surface area contributed by atoms with Crippen LogP contribution in [0.4, 0.5) is 0 Å². The zero-order chi connectivity index (χ0) is 8.72.